The van der Waals surface area contributed by atoms with Gasteiger partial charge < -0.3 is 16.4 Å². The van der Waals surface area contributed by atoms with Gasteiger partial charge in [-0.2, -0.15) is 18.3 Å². The van der Waals surface area contributed by atoms with Crippen LogP contribution in [0, 0.1) is 17.2 Å². The number of nitrogens with one attached hydrogen (secondary N) is 2. The molecule has 5 rings (SSSR count). The van der Waals surface area contributed by atoms with Gasteiger partial charge in [-0.1, -0.05) is 45.0 Å². The predicted octanol–water partition coefficient (Wildman–Crippen LogP) is 6.92. The summed E-state index contributed by atoms with van der Waals surface area (Å²) < 4.78 is 57.1. The van der Waals surface area contributed by atoms with Crippen LogP contribution in [0.15, 0.2) is 73.1 Å². The van der Waals surface area contributed by atoms with Crippen molar-refractivity contribution in [2.45, 2.75) is 64.7 Å². The van der Waals surface area contributed by atoms with Gasteiger partial charge in [0, 0.05) is 30.4 Å². The number of anilines is 1. The van der Waals surface area contributed by atoms with E-state index in [-0.39, 0.29) is 29.7 Å². The summed E-state index contributed by atoms with van der Waals surface area (Å²) in [5.41, 5.74) is 5.37. The smallest absolute Gasteiger partial charge is 0.349 e. The Labute approximate surface area is 264 Å². The number of alkyl halides is 3. The van der Waals surface area contributed by atoms with E-state index in [1.165, 1.54) is 30.3 Å². The summed E-state index contributed by atoms with van der Waals surface area (Å²) in [4.78, 5) is 31.0. The molecular weight excluding hydrogens is 600 g/mol. The third-order valence-corrected chi connectivity index (χ3v) is 8.04. The number of aromatic nitrogens is 3. The lowest BCUT2D eigenvalue weighted by molar-refractivity contribution is -0.141. The zero-order chi connectivity index (χ0) is 33.2. The summed E-state index contributed by atoms with van der Waals surface area (Å²) in [7, 11) is 0. The fourth-order valence-electron chi connectivity index (χ4n) is 5.34. The van der Waals surface area contributed by atoms with Crippen molar-refractivity contribution in [2.24, 2.45) is 17.1 Å². The van der Waals surface area contributed by atoms with Gasteiger partial charge in [0.05, 0.1) is 17.4 Å². The molecule has 4 aromatic rings. The van der Waals surface area contributed by atoms with Gasteiger partial charge in [-0.3, -0.25) is 14.6 Å². The van der Waals surface area contributed by atoms with Crippen molar-refractivity contribution in [2.75, 3.05) is 5.32 Å². The zero-order valence-corrected chi connectivity index (χ0v) is 25.7. The molecule has 0 saturated heterocycles. The zero-order valence-electron chi connectivity index (χ0n) is 25.7. The van der Waals surface area contributed by atoms with Crippen molar-refractivity contribution < 1.29 is 27.2 Å². The molecule has 12 heteroatoms. The van der Waals surface area contributed by atoms with Crippen LogP contribution in [0.3, 0.4) is 0 Å². The van der Waals surface area contributed by atoms with Crippen molar-refractivity contribution in [1.29, 1.82) is 0 Å². The summed E-state index contributed by atoms with van der Waals surface area (Å²) in [6.45, 7) is 5.49. The van der Waals surface area contributed by atoms with E-state index < -0.39 is 40.7 Å². The van der Waals surface area contributed by atoms with Crippen molar-refractivity contribution in [3.05, 3.63) is 107 Å². The molecule has 0 spiro atoms. The molecule has 8 nitrogen and oxygen atoms in total. The normalized spacial score (nSPS) is 14.9. The summed E-state index contributed by atoms with van der Waals surface area (Å²) >= 11 is 0. The van der Waals surface area contributed by atoms with Gasteiger partial charge in [-0.25, -0.2) is 9.07 Å². The molecule has 2 aromatic heterocycles. The Morgan fingerprint density at radius 1 is 1.02 bits per heavy atom. The minimum atomic E-state index is -4.83. The Hall–Kier alpha value is -4.58. The third-order valence-electron chi connectivity index (χ3n) is 8.04. The molecule has 0 bridgehead atoms. The van der Waals surface area contributed by atoms with Crippen molar-refractivity contribution >= 4 is 17.5 Å². The monoisotopic (exact) mass is 636 g/mol. The fraction of sp³-hybridized carbons (Fsp3) is 0.353. The Bertz CT molecular complexity index is 1710. The maximum absolute atomic E-state index is 15.2. The molecule has 0 radical (unpaired) electrons. The van der Waals surface area contributed by atoms with Gasteiger partial charge >= 0.3 is 6.18 Å². The highest BCUT2D eigenvalue weighted by Crippen LogP contribution is 2.47. The summed E-state index contributed by atoms with van der Waals surface area (Å²) in [6, 6.07) is 14.3. The number of carbonyl (C=O) groups excluding carboxylic acids is 2. The Morgan fingerprint density at radius 3 is 2.41 bits per heavy atom. The Morgan fingerprint density at radius 2 is 1.78 bits per heavy atom. The van der Waals surface area contributed by atoms with E-state index >= 15 is 4.39 Å². The largest absolute Gasteiger partial charge is 0.435 e. The van der Waals surface area contributed by atoms with Gasteiger partial charge in [-0.05, 0) is 78.1 Å². The van der Waals surface area contributed by atoms with Crippen LogP contribution in [0.1, 0.15) is 84.9 Å². The molecule has 2 atom stereocenters. The molecule has 2 heterocycles. The van der Waals surface area contributed by atoms with E-state index in [2.05, 4.69) is 20.7 Å². The molecule has 1 fully saturated rings. The van der Waals surface area contributed by atoms with Crippen LogP contribution >= 0.6 is 0 Å². The topological polar surface area (TPSA) is 115 Å². The second-order valence-corrected chi connectivity index (χ2v) is 12.6. The van der Waals surface area contributed by atoms with Crippen LogP contribution in [0.4, 0.5) is 23.2 Å². The molecule has 242 valence electrons. The van der Waals surface area contributed by atoms with Crippen LogP contribution in [-0.2, 0) is 17.5 Å². The van der Waals surface area contributed by atoms with Gasteiger partial charge in [-0.15, -0.1) is 0 Å². The first-order valence-electron chi connectivity index (χ1n) is 15.0. The molecule has 46 heavy (non-hydrogen) atoms. The number of hydrogen-bond acceptors (Lipinski definition) is 5. The lowest BCUT2D eigenvalue weighted by atomic mass is 9.85. The highest BCUT2D eigenvalue weighted by molar-refractivity contribution is 6.03. The summed E-state index contributed by atoms with van der Waals surface area (Å²) in [6.07, 6.45) is 1.24. The average Bonchev–Trinajstić information content (AvgIpc) is 3.75. The molecule has 4 N–H and O–H groups in total. The van der Waals surface area contributed by atoms with Crippen LogP contribution < -0.4 is 16.4 Å². The number of amides is 2. The van der Waals surface area contributed by atoms with Crippen molar-refractivity contribution in [3.63, 3.8) is 0 Å². The average molecular weight is 637 g/mol. The highest BCUT2D eigenvalue weighted by Gasteiger charge is 2.37. The standard InChI is InChI=1S/C34H36F4N6O2/c1-33(2,3)32(46)42-27(16-25(21-9-10-21)23-7-5-13-40-19-23)22-11-12-26(35)28(15-22)41-31(45)29-17-30(34(36,37)38)43-44(29)24-8-4-6-20(14-24)18-39/h4-8,11-15,17,19,21,25,27H,9-10,16,18,39H2,1-3H3,(H,41,45)(H,42,46). The van der Waals surface area contributed by atoms with Crippen molar-refractivity contribution in [1.82, 2.24) is 20.1 Å². The number of carbonyl (C=O) groups is 2. The van der Waals surface area contributed by atoms with Crippen LogP contribution in [-0.4, -0.2) is 26.6 Å². The second kappa shape index (κ2) is 13.0. The number of nitrogens with two attached hydrogens (primary N) is 1. The van der Waals surface area contributed by atoms with E-state index in [4.69, 9.17) is 5.73 Å². The van der Waals surface area contributed by atoms with Gasteiger partial charge in [0.1, 0.15) is 11.5 Å². The summed E-state index contributed by atoms with van der Waals surface area (Å²) in [5.74, 6) is -1.54. The number of pyridine rings is 1. The molecule has 1 aliphatic carbocycles. The van der Waals surface area contributed by atoms with E-state index in [1.54, 1.807) is 39.1 Å². The second-order valence-electron chi connectivity index (χ2n) is 12.6. The summed E-state index contributed by atoms with van der Waals surface area (Å²) in [5, 5.41) is 9.19. The maximum Gasteiger partial charge on any atom is 0.435 e. The maximum atomic E-state index is 15.2. The quantitative estimate of drug-likeness (QED) is 0.164. The first-order valence-corrected chi connectivity index (χ1v) is 15.0. The first-order chi connectivity index (χ1) is 21.7. The van der Waals surface area contributed by atoms with Gasteiger partial charge in [0.2, 0.25) is 5.91 Å². The van der Waals surface area contributed by atoms with E-state index in [1.807, 2.05) is 18.3 Å². The van der Waals surface area contributed by atoms with E-state index in [0.717, 1.165) is 23.1 Å². The number of benzene rings is 2. The van der Waals surface area contributed by atoms with Crippen LogP contribution in [0.5, 0.6) is 0 Å². The SMILES string of the molecule is CC(C)(C)C(=O)NC(CC(c1cccnc1)C1CC1)c1ccc(F)c(NC(=O)c2cc(C(F)(F)F)nn2-c2cccc(CN)c2)c1. The number of rotatable bonds is 10. The molecule has 1 aliphatic rings. The molecular formula is C34H36F4N6O2. The van der Waals surface area contributed by atoms with Crippen LogP contribution in [0.25, 0.3) is 5.69 Å². The van der Waals surface area contributed by atoms with E-state index in [0.29, 0.717) is 29.5 Å². The minimum Gasteiger partial charge on any atom is -0.349 e. The van der Waals surface area contributed by atoms with Crippen LogP contribution in [0.2, 0.25) is 0 Å². The Kier molecular flexibility index (Phi) is 9.29. The predicted molar refractivity (Wildman–Crippen MR) is 165 cm³/mol. The molecule has 1 saturated carbocycles. The molecule has 0 aliphatic heterocycles. The van der Waals surface area contributed by atoms with Crippen molar-refractivity contribution in [3.8, 4) is 5.69 Å². The fourth-order valence-corrected chi connectivity index (χ4v) is 5.34. The lowest BCUT2D eigenvalue weighted by Crippen LogP contribution is -2.38. The molecule has 2 aromatic carbocycles. The third kappa shape index (κ3) is 7.61. The molecule has 2 unspecified atom stereocenters. The number of halogens is 4. The Balaban J connectivity index is 1.49. The van der Waals surface area contributed by atoms with Gasteiger partial charge in [0.15, 0.2) is 5.69 Å². The molecule has 2 amide bonds. The minimum absolute atomic E-state index is 0.0708. The number of hydrogen-bond donors (Lipinski definition) is 3. The first kappa shape index (κ1) is 32.8. The number of nitrogens with zero attached hydrogens (tertiary/aromatic N) is 3. The lowest BCUT2D eigenvalue weighted by Gasteiger charge is -2.28. The van der Waals surface area contributed by atoms with Gasteiger partial charge in [0.25, 0.3) is 5.91 Å². The highest BCUT2D eigenvalue weighted by atomic mass is 19.4. The van der Waals surface area contributed by atoms with E-state index in [9.17, 15) is 22.8 Å².